The summed E-state index contributed by atoms with van der Waals surface area (Å²) in [5, 5.41) is 3.42. The van der Waals surface area contributed by atoms with Crippen molar-refractivity contribution in [2.45, 2.75) is 0 Å². The predicted molar refractivity (Wildman–Crippen MR) is 75.8 cm³/mol. The smallest absolute Gasteiger partial charge is 0.258 e. The highest BCUT2D eigenvalue weighted by molar-refractivity contribution is 6.42. The number of halogens is 4. The van der Waals surface area contributed by atoms with Crippen molar-refractivity contribution in [3.8, 4) is 0 Å². The van der Waals surface area contributed by atoms with Gasteiger partial charge in [-0.1, -0.05) is 34.8 Å². The van der Waals surface area contributed by atoms with Crippen LogP contribution in [0.3, 0.4) is 0 Å². The highest BCUT2D eigenvalue weighted by Crippen LogP contribution is 2.25. The van der Waals surface area contributed by atoms with E-state index >= 15 is 0 Å². The molecule has 2 aromatic rings. The molecular formula is C13H7Cl3FNO. The molecule has 0 bridgehead atoms. The molecule has 0 fully saturated rings. The number of rotatable bonds is 2. The first-order valence-corrected chi connectivity index (χ1v) is 6.32. The van der Waals surface area contributed by atoms with Gasteiger partial charge in [0.05, 0.1) is 15.6 Å². The van der Waals surface area contributed by atoms with Crippen LogP contribution in [0.5, 0.6) is 0 Å². The van der Waals surface area contributed by atoms with Crippen LogP contribution in [0.25, 0.3) is 0 Å². The number of anilines is 1. The SMILES string of the molecule is O=C(Nc1ccc(Cl)c(Cl)c1)c1ccc(Cl)cc1F. The predicted octanol–water partition coefficient (Wildman–Crippen LogP) is 5.04. The fraction of sp³-hybridized carbons (Fsp3) is 0. The molecular weight excluding hydrogens is 312 g/mol. The van der Waals surface area contributed by atoms with Gasteiger partial charge in [0.25, 0.3) is 5.91 Å². The van der Waals surface area contributed by atoms with Crippen LogP contribution in [0.1, 0.15) is 10.4 Å². The van der Waals surface area contributed by atoms with Gasteiger partial charge in [-0.25, -0.2) is 4.39 Å². The van der Waals surface area contributed by atoms with E-state index in [1.54, 1.807) is 6.07 Å². The standard InChI is InChI=1S/C13H7Cl3FNO/c14-7-1-3-9(12(17)5-7)13(19)18-8-2-4-10(15)11(16)6-8/h1-6H,(H,18,19). The number of nitrogens with one attached hydrogen (secondary N) is 1. The van der Waals surface area contributed by atoms with E-state index in [4.69, 9.17) is 34.8 Å². The molecule has 0 aliphatic carbocycles. The topological polar surface area (TPSA) is 29.1 Å². The zero-order valence-electron chi connectivity index (χ0n) is 9.38. The summed E-state index contributed by atoms with van der Waals surface area (Å²) in [5.74, 6) is -1.28. The Hall–Kier alpha value is -1.29. The van der Waals surface area contributed by atoms with Crippen molar-refractivity contribution in [3.05, 3.63) is 62.8 Å². The maximum atomic E-state index is 13.6. The molecule has 98 valence electrons. The monoisotopic (exact) mass is 317 g/mol. The largest absolute Gasteiger partial charge is 0.322 e. The number of hydrogen-bond acceptors (Lipinski definition) is 1. The lowest BCUT2D eigenvalue weighted by Gasteiger charge is -2.07. The highest BCUT2D eigenvalue weighted by Gasteiger charge is 2.12. The summed E-state index contributed by atoms with van der Waals surface area (Å²) < 4.78 is 13.6. The van der Waals surface area contributed by atoms with Gasteiger partial charge in [0.1, 0.15) is 5.82 Å². The fourth-order valence-corrected chi connectivity index (χ4v) is 1.90. The van der Waals surface area contributed by atoms with Crippen molar-refractivity contribution in [3.63, 3.8) is 0 Å². The Labute approximate surface area is 124 Å². The van der Waals surface area contributed by atoms with Gasteiger partial charge in [-0.2, -0.15) is 0 Å². The van der Waals surface area contributed by atoms with Crippen LogP contribution in [0.2, 0.25) is 15.1 Å². The Morgan fingerprint density at radius 2 is 1.74 bits per heavy atom. The molecule has 1 N–H and O–H groups in total. The normalized spacial score (nSPS) is 10.3. The molecule has 0 aliphatic heterocycles. The van der Waals surface area contributed by atoms with E-state index < -0.39 is 11.7 Å². The summed E-state index contributed by atoms with van der Waals surface area (Å²) >= 11 is 17.2. The van der Waals surface area contributed by atoms with Crippen LogP contribution in [0.4, 0.5) is 10.1 Å². The van der Waals surface area contributed by atoms with Gasteiger partial charge in [-0.15, -0.1) is 0 Å². The average Bonchev–Trinajstić information content (AvgIpc) is 2.33. The molecule has 0 atom stereocenters. The summed E-state index contributed by atoms with van der Waals surface area (Å²) in [4.78, 5) is 11.9. The first-order valence-electron chi connectivity index (χ1n) is 5.19. The summed E-state index contributed by atoms with van der Waals surface area (Å²) in [6, 6.07) is 8.41. The maximum Gasteiger partial charge on any atom is 0.258 e. The summed E-state index contributed by atoms with van der Waals surface area (Å²) in [5.41, 5.74) is 0.323. The van der Waals surface area contributed by atoms with Crippen molar-refractivity contribution in [1.82, 2.24) is 0 Å². The number of hydrogen-bond donors (Lipinski definition) is 1. The van der Waals surface area contributed by atoms with Crippen LogP contribution >= 0.6 is 34.8 Å². The van der Waals surface area contributed by atoms with Crippen LogP contribution in [-0.4, -0.2) is 5.91 Å². The van der Waals surface area contributed by atoms with Gasteiger partial charge < -0.3 is 5.32 Å². The van der Waals surface area contributed by atoms with Crippen molar-refractivity contribution < 1.29 is 9.18 Å². The third-order valence-corrected chi connectivity index (χ3v) is 3.33. The molecule has 0 spiro atoms. The zero-order chi connectivity index (χ0) is 14.0. The average molecular weight is 319 g/mol. The fourth-order valence-electron chi connectivity index (χ4n) is 1.45. The Morgan fingerprint density at radius 3 is 2.37 bits per heavy atom. The first kappa shape index (κ1) is 14.1. The van der Waals surface area contributed by atoms with Gasteiger partial charge in [-0.3, -0.25) is 4.79 Å². The first-order chi connectivity index (χ1) is 8.97. The van der Waals surface area contributed by atoms with Crippen molar-refractivity contribution >= 4 is 46.4 Å². The van der Waals surface area contributed by atoms with E-state index in [1.807, 2.05) is 0 Å². The molecule has 0 aliphatic rings. The van der Waals surface area contributed by atoms with Gasteiger partial charge in [-0.05, 0) is 36.4 Å². The molecule has 0 radical (unpaired) electrons. The summed E-state index contributed by atoms with van der Waals surface area (Å²) in [6.45, 7) is 0. The minimum atomic E-state index is -0.690. The van der Waals surface area contributed by atoms with E-state index in [-0.39, 0.29) is 10.6 Å². The van der Waals surface area contributed by atoms with E-state index in [0.29, 0.717) is 15.7 Å². The summed E-state index contributed by atoms with van der Waals surface area (Å²) in [6.07, 6.45) is 0. The van der Waals surface area contributed by atoms with Gasteiger partial charge in [0.15, 0.2) is 0 Å². The Balaban J connectivity index is 2.23. The van der Waals surface area contributed by atoms with Crippen LogP contribution < -0.4 is 5.32 Å². The molecule has 0 heterocycles. The van der Waals surface area contributed by atoms with Crippen LogP contribution in [0, 0.1) is 5.82 Å². The van der Waals surface area contributed by atoms with Crippen LogP contribution in [0.15, 0.2) is 36.4 Å². The van der Waals surface area contributed by atoms with E-state index in [0.717, 1.165) is 6.07 Å². The van der Waals surface area contributed by atoms with Crippen LogP contribution in [-0.2, 0) is 0 Å². The molecule has 2 rings (SSSR count). The molecule has 2 nitrogen and oxygen atoms in total. The molecule has 0 saturated heterocycles. The van der Waals surface area contributed by atoms with E-state index in [9.17, 15) is 9.18 Å². The molecule has 0 unspecified atom stereocenters. The van der Waals surface area contributed by atoms with Crippen molar-refractivity contribution in [1.29, 1.82) is 0 Å². The van der Waals surface area contributed by atoms with Gasteiger partial charge >= 0.3 is 0 Å². The molecule has 0 saturated carbocycles. The molecule has 19 heavy (non-hydrogen) atoms. The second-order valence-corrected chi connectivity index (χ2v) is 4.96. The summed E-state index contributed by atoms with van der Waals surface area (Å²) in [7, 11) is 0. The third kappa shape index (κ3) is 3.38. The Kier molecular flexibility index (Phi) is 4.30. The molecule has 0 aromatic heterocycles. The highest BCUT2D eigenvalue weighted by atomic mass is 35.5. The Morgan fingerprint density at radius 1 is 1.00 bits per heavy atom. The second-order valence-electron chi connectivity index (χ2n) is 3.71. The minimum absolute atomic E-state index is 0.101. The molecule has 1 amide bonds. The quantitative estimate of drug-likeness (QED) is 0.826. The van der Waals surface area contributed by atoms with E-state index in [2.05, 4.69) is 5.32 Å². The zero-order valence-corrected chi connectivity index (χ0v) is 11.7. The molecule has 2 aromatic carbocycles. The van der Waals surface area contributed by atoms with Gasteiger partial charge in [0, 0.05) is 10.7 Å². The number of amides is 1. The third-order valence-electron chi connectivity index (χ3n) is 2.35. The minimum Gasteiger partial charge on any atom is -0.322 e. The number of benzene rings is 2. The Bertz CT molecular complexity index is 646. The number of carbonyl (C=O) groups is 1. The number of carbonyl (C=O) groups excluding carboxylic acids is 1. The van der Waals surface area contributed by atoms with E-state index in [1.165, 1.54) is 24.3 Å². The van der Waals surface area contributed by atoms with Crippen molar-refractivity contribution in [2.75, 3.05) is 5.32 Å². The maximum absolute atomic E-state index is 13.6. The lowest BCUT2D eigenvalue weighted by molar-refractivity contribution is 0.102. The lowest BCUT2D eigenvalue weighted by Crippen LogP contribution is -2.13. The van der Waals surface area contributed by atoms with Gasteiger partial charge in [0.2, 0.25) is 0 Å². The molecule has 6 heteroatoms. The lowest BCUT2D eigenvalue weighted by atomic mass is 10.2. The van der Waals surface area contributed by atoms with Crippen molar-refractivity contribution in [2.24, 2.45) is 0 Å². The second kappa shape index (κ2) is 5.78.